The maximum Gasteiger partial charge on any atom is 0.225 e. The van der Waals surface area contributed by atoms with E-state index in [0.717, 1.165) is 25.9 Å². The third kappa shape index (κ3) is 1.91. The summed E-state index contributed by atoms with van der Waals surface area (Å²) >= 11 is 0. The Morgan fingerprint density at radius 2 is 2.14 bits per heavy atom. The van der Waals surface area contributed by atoms with Crippen LogP contribution in [-0.2, 0) is 4.79 Å². The topological polar surface area (TPSA) is 43.8 Å². The zero-order chi connectivity index (χ0) is 10.1. The number of rotatable bonds is 2. The molecule has 0 aromatic heterocycles. The fraction of sp³-hybridized carbons (Fsp3) is 0.900. The van der Waals surface area contributed by atoms with E-state index >= 15 is 0 Å². The Hall–Kier alpha value is -0.610. The Bertz CT molecular complexity index is 228. The second-order valence-electron chi connectivity index (χ2n) is 4.38. The lowest BCUT2D eigenvalue weighted by Gasteiger charge is -2.38. The van der Waals surface area contributed by atoms with E-state index in [0.29, 0.717) is 18.4 Å². The summed E-state index contributed by atoms with van der Waals surface area (Å²) in [7, 11) is 2.00. The minimum atomic E-state index is 0.131. The van der Waals surface area contributed by atoms with Gasteiger partial charge in [0.2, 0.25) is 5.91 Å². The van der Waals surface area contributed by atoms with E-state index in [1.807, 2.05) is 11.9 Å². The van der Waals surface area contributed by atoms with Crippen molar-refractivity contribution < 1.29 is 9.90 Å². The number of hydrogen-bond acceptors (Lipinski definition) is 3. The molecule has 2 fully saturated rings. The summed E-state index contributed by atoms with van der Waals surface area (Å²) in [6.45, 7) is 2.54. The van der Waals surface area contributed by atoms with Gasteiger partial charge in [0.25, 0.3) is 0 Å². The Balaban J connectivity index is 1.91. The van der Waals surface area contributed by atoms with Gasteiger partial charge in [0, 0.05) is 25.6 Å². The number of piperazine rings is 1. The van der Waals surface area contributed by atoms with Crippen LogP contribution in [0.3, 0.4) is 0 Å². The van der Waals surface area contributed by atoms with Crippen LogP contribution >= 0.6 is 0 Å². The maximum atomic E-state index is 11.8. The van der Waals surface area contributed by atoms with Crippen LogP contribution in [0.5, 0.6) is 0 Å². The van der Waals surface area contributed by atoms with Gasteiger partial charge < -0.3 is 10.0 Å². The van der Waals surface area contributed by atoms with Gasteiger partial charge in [0.1, 0.15) is 0 Å². The number of aliphatic hydroxyl groups excluding tert-OH is 1. The molecule has 1 saturated carbocycles. The second kappa shape index (κ2) is 3.87. The molecule has 0 aromatic rings. The van der Waals surface area contributed by atoms with Crippen molar-refractivity contribution in [2.75, 3.05) is 33.3 Å². The standard InChI is InChI=1S/C10H18N2O2/c1-11-4-5-12(6-9(11)7-13)10(14)8-2-3-8/h8-9,13H,2-7H2,1H3. The van der Waals surface area contributed by atoms with Crippen LogP contribution in [0, 0.1) is 5.92 Å². The van der Waals surface area contributed by atoms with E-state index in [4.69, 9.17) is 5.11 Å². The lowest BCUT2D eigenvalue weighted by Crippen LogP contribution is -2.54. The Morgan fingerprint density at radius 1 is 1.43 bits per heavy atom. The van der Waals surface area contributed by atoms with Gasteiger partial charge in [0.05, 0.1) is 12.6 Å². The predicted octanol–water partition coefficient (Wildman–Crippen LogP) is -0.469. The summed E-state index contributed by atoms with van der Waals surface area (Å²) in [5.74, 6) is 0.606. The Kier molecular flexibility index (Phi) is 2.74. The van der Waals surface area contributed by atoms with Crippen LogP contribution in [0.2, 0.25) is 0 Å². The normalized spacial score (nSPS) is 29.3. The van der Waals surface area contributed by atoms with Crippen molar-refractivity contribution in [3.8, 4) is 0 Å². The summed E-state index contributed by atoms with van der Waals surface area (Å²) in [5.41, 5.74) is 0. The highest BCUT2D eigenvalue weighted by atomic mass is 16.3. The highest BCUT2D eigenvalue weighted by molar-refractivity contribution is 5.81. The molecule has 2 rings (SSSR count). The van der Waals surface area contributed by atoms with Gasteiger partial charge in [-0.05, 0) is 19.9 Å². The first-order chi connectivity index (χ1) is 6.72. The highest BCUT2D eigenvalue weighted by Crippen LogP contribution is 2.31. The molecular weight excluding hydrogens is 180 g/mol. The zero-order valence-electron chi connectivity index (χ0n) is 8.65. The van der Waals surface area contributed by atoms with Crippen LogP contribution in [0.1, 0.15) is 12.8 Å². The van der Waals surface area contributed by atoms with Crippen molar-refractivity contribution in [2.24, 2.45) is 5.92 Å². The molecule has 0 radical (unpaired) electrons. The average Bonchev–Trinajstić information content (AvgIpc) is 3.01. The molecule has 1 atom stereocenters. The molecule has 4 heteroatoms. The highest BCUT2D eigenvalue weighted by Gasteiger charge is 2.36. The van der Waals surface area contributed by atoms with Crippen LogP contribution in [-0.4, -0.2) is 60.1 Å². The summed E-state index contributed by atoms with van der Waals surface area (Å²) in [6, 6.07) is 0.131. The van der Waals surface area contributed by atoms with Crippen LogP contribution < -0.4 is 0 Å². The number of aliphatic hydroxyl groups is 1. The monoisotopic (exact) mass is 198 g/mol. The Labute approximate surface area is 84.5 Å². The maximum absolute atomic E-state index is 11.8. The number of nitrogens with zero attached hydrogens (tertiary/aromatic N) is 2. The largest absolute Gasteiger partial charge is 0.395 e. The van der Waals surface area contributed by atoms with E-state index in [9.17, 15) is 4.79 Å². The summed E-state index contributed by atoms with van der Waals surface area (Å²) in [5, 5.41) is 9.14. The zero-order valence-corrected chi connectivity index (χ0v) is 8.65. The third-order valence-electron chi connectivity index (χ3n) is 3.23. The molecule has 1 heterocycles. The number of carbonyl (C=O) groups is 1. The molecule has 14 heavy (non-hydrogen) atoms. The smallest absolute Gasteiger partial charge is 0.225 e. The molecule has 1 N–H and O–H groups in total. The minimum absolute atomic E-state index is 0.131. The molecular formula is C10H18N2O2. The molecule has 4 nitrogen and oxygen atoms in total. The van der Waals surface area contributed by atoms with E-state index in [1.165, 1.54) is 0 Å². The van der Waals surface area contributed by atoms with Crippen LogP contribution in [0.25, 0.3) is 0 Å². The molecule has 1 aliphatic heterocycles. The average molecular weight is 198 g/mol. The van der Waals surface area contributed by atoms with Gasteiger partial charge in [-0.15, -0.1) is 0 Å². The first kappa shape index (κ1) is 9.93. The van der Waals surface area contributed by atoms with Crippen molar-refractivity contribution in [1.82, 2.24) is 9.80 Å². The van der Waals surface area contributed by atoms with Gasteiger partial charge in [-0.1, -0.05) is 0 Å². The van der Waals surface area contributed by atoms with E-state index in [2.05, 4.69) is 4.90 Å². The molecule has 1 unspecified atom stereocenters. The molecule has 80 valence electrons. The molecule has 0 aromatic carbocycles. The van der Waals surface area contributed by atoms with Gasteiger partial charge in [0.15, 0.2) is 0 Å². The summed E-state index contributed by atoms with van der Waals surface area (Å²) in [4.78, 5) is 15.8. The number of likely N-dealkylation sites (N-methyl/N-ethyl adjacent to an activating group) is 1. The van der Waals surface area contributed by atoms with Gasteiger partial charge in [-0.2, -0.15) is 0 Å². The fourth-order valence-corrected chi connectivity index (χ4v) is 1.93. The van der Waals surface area contributed by atoms with Crippen LogP contribution in [0.15, 0.2) is 0 Å². The second-order valence-corrected chi connectivity index (χ2v) is 4.38. The molecule has 1 aliphatic carbocycles. The fourth-order valence-electron chi connectivity index (χ4n) is 1.93. The predicted molar refractivity (Wildman–Crippen MR) is 52.8 cm³/mol. The van der Waals surface area contributed by atoms with E-state index in [1.54, 1.807) is 0 Å². The van der Waals surface area contributed by atoms with E-state index < -0.39 is 0 Å². The number of carbonyl (C=O) groups excluding carboxylic acids is 1. The summed E-state index contributed by atoms with van der Waals surface area (Å²) in [6.07, 6.45) is 2.13. The molecule has 0 spiro atoms. The molecule has 1 saturated heterocycles. The first-order valence-electron chi connectivity index (χ1n) is 5.32. The molecule has 2 aliphatic rings. The van der Waals surface area contributed by atoms with Crippen molar-refractivity contribution in [3.05, 3.63) is 0 Å². The van der Waals surface area contributed by atoms with Crippen molar-refractivity contribution in [3.63, 3.8) is 0 Å². The van der Waals surface area contributed by atoms with Crippen molar-refractivity contribution >= 4 is 5.91 Å². The van der Waals surface area contributed by atoms with E-state index in [-0.39, 0.29) is 12.6 Å². The van der Waals surface area contributed by atoms with Crippen molar-refractivity contribution in [2.45, 2.75) is 18.9 Å². The third-order valence-corrected chi connectivity index (χ3v) is 3.23. The van der Waals surface area contributed by atoms with Crippen LogP contribution in [0.4, 0.5) is 0 Å². The van der Waals surface area contributed by atoms with Crippen molar-refractivity contribution in [1.29, 1.82) is 0 Å². The molecule has 1 amide bonds. The van der Waals surface area contributed by atoms with Gasteiger partial charge >= 0.3 is 0 Å². The lowest BCUT2D eigenvalue weighted by atomic mass is 10.2. The number of hydrogen-bond donors (Lipinski definition) is 1. The van der Waals surface area contributed by atoms with Gasteiger partial charge in [-0.3, -0.25) is 9.69 Å². The lowest BCUT2D eigenvalue weighted by molar-refractivity contribution is -0.135. The van der Waals surface area contributed by atoms with Gasteiger partial charge in [-0.25, -0.2) is 0 Å². The first-order valence-corrected chi connectivity index (χ1v) is 5.32. The SMILES string of the molecule is CN1CCN(C(=O)C2CC2)CC1CO. The quantitative estimate of drug-likeness (QED) is 0.652. The summed E-state index contributed by atoms with van der Waals surface area (Å²) < 4.78 is 0. The minimum Gasteiger partial charge on any atom is -0.395 e. The molecule has 0 bridgehead atoms. The number of amides is 1. The Morgan fingerprint density at radius 3 is 2.71 bits per heavy atom.